The zero-order chi connectivity index (χ0) is 26.2. The third kappa shape index (κ3) is 4.46. The van der Waals surface area contributed by atoms with Gasteiger partial charge in [0.25, 0.3) is 0 Å². The zero-order valence-electron chi connectivity index (χ0n) is 21.1. The SMILES string of the molecule is Clc1cc(Nc2c(-c3ccccc3)cccc2-c2ccccc2)cc(-c2ccc3oc4ccccc4c3c2)c1. The summed E-state index contributed by atoms with van der Waals surface area (Å²) in [6.45, 7) is 0. The Morgan fingerprint density at radius 3 is 1.82 bits per heavy atom. The molecule has 0 atom stereocenters. The first-order chi connectivity index (χ1) is 19.2. The second kappa shape index (κ2) is 9.83. The van der Waals surface area contributed by atoms with E-state index in [1.165, 1.54) is 0 Å². The minimum atomic E-state index is 0.672. The molecule has 2 nitrogen and oxygen atoms in total. The molecule has 1 N–H and O–H groups in total. The standard InChI is InChI=1S/C36H24ClNO/c37-28-20-27(26-18-19-35-33(22-26)32-14-7-8-17-34(32)39-35)21-29(23-28)38-36-30(24-10-3-1-4-11-24)15-9-16-31(36)25-12-5-2-6-13-25/h1-23,38H. The van der Waals surface area contributed by atoms with E-state index in [0.717, 1.165) is 66.7 Å². The molecule has 0 unspecified atom stereocenters. The van der Waals surface area contributed by atoms with Crippen LogP contribution in [0.15, 0.2) is 144 Å². The van der Waals surface area contributed by atoms with Gasteiger partial charge in [-0.1, -0.05) is 115 Å². The maximum absolute atomic E-state index is 6.71. The van der Waals surface area contributed by atoms with Crippen molar-refractivity contribution >= 4 is 44.9 Å². The molecule has 0 fully saturated rings. The topological polar surface area (TPSA) is 25.2 Å². The molecular formula is C36H24ClNO. The second-order valence-corrected chi connectivity index (χ2v) is 10.1. The normalized spacial score (nSPS) is 11.2. The molecule has 0 saturated heterocycles. The quantitative estimate of drug-likeness (QED) is 0.243. The van der Waals surface area contributed by atoms with Gasteiger partial charge in [-0.05, 0) is 58.7 Å². The van der Waals surface area contributed by atoms with Crippen molar-refractivity contribution in [3.63, 3.8) is 0 Å². The summed E-state index contributed by atoms with van der Waals surface area (Å²) in [7, 11) is 0. The Kier molecular flexibility index (Phi) is 5.88. The van der Waals surface area contributed by atoms with E-state index < -0.39 is 0 Å². The van der Waals surface area contributed by atoms with E-state index in [2.05, 4.69) is 96.3 Å². The summed E-state index contributed by atoms with van der Waals surface area (Å²) in [5.41, 5.74) is 10.4. The molecule has 7 rings (SSSR count). The lowest BCUT2D eigenvalue weighted by molar-refractivity contribution is 0.669. The van der Waals surface area contributed by atoms with Crippen molar-refractivity contribution in [3.05, 3.63) is 145 Å². The third-order valence-corrected chi connectivity index (χ3v) is 7.33. The molecule has 1 aromatic heterocycles. The monoisotopic (exact) mass is 521 g/mol. The Balaban J connectivity index is 1.35. The highest BCUT2D eigenvalue weighted by molar-refractivity contribution is 6.31. The Morgan fingerprint density at radius 2 is 1.10 bits per heavy atom. The van der Waals surface area contributed by atoms with Gasteiger partial charge >= 0.3 is 0 Å². The van der Waals surface area contributed by atoms with E-state index in [4.69, 9.17) is 16.0 Å². The molecule has 0 aliphatic carbocycles. The van der Waals surface area contributed by atoms with E-state index in [0.29, 0.717) is 5.02 Å². The summed E-state index contributed by atoms with van der Waals surface area (Å²) in [5.74, 6) is 0. The van der Waals surface area contributed by atoms with E-state index in [-0.39, 0.29) is 0 Å². The van der Waals surface area contributed by atoms with Gasteiger partial charge in [0.05, 0.1) is 5.69 Å². The van der Waals surface area contributed by atoms with E-state index in [1.807, 2.05) is 48.5 Å². The van der Waals surface area contributed by atoms with Gasteiger partial charge in [0.1, 0.15) is 11.2 Å². The Hall–Kier alpha value is -4.79. The van der Waals surface area contributed by atoms with Crippen molar-refractivity contribution < 1.29 is 4.42 Å². The molecule has 39 heavy (non-hydrogen) atoms. The molecule has 0 saturated carbocycles. The van der Waals surface area contributed by atoms with Gasteiger partial charge in [0, 0.05) is 32.6 Å². The highest BCUT2D eigenvalue weighted by Crippen LogP contribution is 2.40. The van der Waals surface area contributed by atoms with Gasteiger partial charge in [-0.15, -0.1) is 0 Å². The third-order valence-electron chi connectivity index (χ3n) is 7.11. The molecule has 0 radical (unpaired) electrons. The Morgan fingerprint density at radius 1 is 0.462 bits per heavy atom. The predicted molar refractivity (Wildman–Crippen MR) is 165 cm³/mol. The largest absolute Gasteiger partial charge is 0.456 e. The number of hydrogen-bond donors (Lipinski definition) is 1. The number of halogens is 1. The summed E-state index contributed by atoms with van der Waals surface area (Å²) in [6, 6.07) is 48.0. The lowest BCUT2D eigenvalue weighted by Crippen LogP contribution is -1.97. The Labute approximate surface area is 232 Å². The highest BCUT2D eigenvalue weighted by Gasteiger charge is 2.14. The predicted octanol–water partition coefficient (Wildman–Crippen LogP) is 11.0. The minimum absolute atomic E-state index is 0.672. The van der Waals surface area contributed by atoms with E-state index in [1.54, 1.807) is 0 Å². The van der Waals surface area contributed by atoms with Crippen LogP contribution in [0.25, 0.3) is 55.3 Å². The van der Waals surface area contributed by atoms with Crippen LogP contribution >= 0.6 is 11.6 Å². The van der Waals surface area contributed by atoms with Gasteiger partial charge in [0.2, 0.25) is 0 Å². The first kappa shape index (κ1) is 23.3. The molecule has 0 bridgehead atoms. The van der Waals surface area contributed by atoms with Crippen molar-refractivity contribution in [2.75, 3.05) is 5.32 Å². The fourth-order valence-electron chi connectivity index (χ4n) is 5.28. The molecule has 0 aliphatic rings. The molecule has 0 amide bonds. The number of para-hydroxylation sites is 2. The molecule has 1 heterocycles. The van der Waals surface area contributed by atoms with E-state index in [9.17, 15) is 0 Å². The number of furan rings is 1. The lowest BCUT2D eigenvalue weighted by atomic mass is 9.95. The van der Waals surface area contributed by atoms with Crippen molar-refractivity contribution in [1.82, 2.24) is 0 Å². The molecular weight excluding hydrogens is 498 g/mol. The van der Waals surface area contributed by atoms with Crippen molar-refractivity contribution in [3.8, 4) is 33.4 Å². The van der Waals surface area contributed by atoms with Gasteiger partial charge in [-0.2, -0.15) is 0 Å². The first-order valence-electron chi connectivity index (χ1n) is 13.0. The number of rotatable bonds is 5. The molecule has 186 valence electrons. The first-order valence-corrected chi connectivity index (χ1v) is 13.3. The maximum atomic E-state index is 6.71. The van der Waals surface area contributed by atoms with Crippen LogP contribution in [-0.2, 0) is 0 Å². The van der Waals surface area contributed by atoms with Crippen LogP contribution in [0.3, 0.4) is 0 Å². The number of fused-ring (bicyclic) bond motifs is 3. The van der Waals surface area contributed by atoms with Crippen molar-refractivity contribution in [1.29, 1.82) is 0 Å². The average Bonchev–Trinajstić information content (AvgIpc) is 3.36. The van der Waals surface area contributed by atoms with Gasteiger partial charge in [-0.25, -0.2) is 0 Å². The van der Waals surface area contributed by atoms with Gasteiger partial charge in [-0.3, -0.25) is 0 Å². The Bertz CT molecular complexity index is 1880. The highest BCUT2D eigenvalue weighted by atomic mass is 35.5. The zero-order valence-corrected chi connectivity index (χ0v) is 21.8. The fraction of sp³-hybridized carbons (Fsp3) is 0. The summed E-state index contributed by atoms with van der Waals surface area (Å²) < 4.78 is 6.04. The molecule has 6 aromatic carbocycles. The van der Waals surface area contributed by atoms with Crippen LogP contribution in [0.4, 0.5) is 11.4 Å². The second-order valence-electron chi connectivity index (χ2n) is 9.62. The molecule has 0 aliphatic heterocycles. The summed E-state index contributed by atoms with van der Waals surface area (Å²) >= 11 is 6.71. The number of anilines is 2. The van der Waals surface area contributed by atoms with Crippen molar-refractivity contribution in [2.45, 2.75) is 0 Å². The molecule has 0 spiro atoms. The van der Waals surface area contributed by atoms with Crippen LogP contribution in [-0.4, -0.2) is 0 Å². The number of nitrogens with one attached hydrogen (secondary N) is 1. The van der Waals surface area contributed by atoms with Crippen molar-refractivity contribution in [2.24, 2.45) is 0 Å². The van der Waals surface area contributed by atoms with Crippen LogP contribution in [0.2, 0.25) is 5.02 Å². The van der Waals surface area contributed by atoms with Gasteiger partial charge in [0.15, 0.2) is 0 Å². The van der Waals surface area contributed by atoms with E-state index >= 15 is 0 Å². The lowest BCUT2D eigenvalue weighted by Gasteiger charge is -2.18. The van der Waals surface area contributed by atoms with Crippen LogP contribution in [0.1, 0.15) is 0 Å². The smallest absolute Gasteiger partial charge is 0.135 e. The summed E-state index contributed by atoms with van der Waals surface area (Å²) in [6.07, 6.45) is 0. The van der Waals surface area contributed by atoms with Crippen LogP contribution in [0.5, 0.6) is 0 Å². The van der Waals surface area contributed by atoms with Crippen LogP contribution < -0.4 is 5.32 Å². The minimum Gasteiger partial charge on any atom is -0.456 e. The number of hydrogen-bond acceptors (Lipinski definition) is 2. The fourth-order valence-corrected chi connectivity index (χ4v) is 5.52. The van der Waals surface area contributed by atoms with Gasteiger partial charge < -0.3 is 9.73 Å². The summed E-state index contributed by atoms with van der Waals surface area (Å²) in [5, 5.41) is 6.63. The average molecular weight is 522 g/mol. The molecule has 3 heteroatoms. The maximum Gasteiger partial charge on any atom is 0.135 e. The number of benzene rings is 6. The van der Waals surface area contributed by atoms with Crippen LogP contribution in [0, 0.1) is 0 Å². The summed E-state index contributed by atoms with van der Waals surface area (Å²) in [4.78, 5) is 0. The molecule has 7 aromatic rings.